The molecular formula is C33H32F4N2O. The molecular weight excluding hydrogens is 516 g/mol. The maximum absolute atomic E-state index is 13.4. The van der Waals surface area contributed by atoms with Crippen LogP contribution >= 0.6 is 0 Å². The molecule has 0 aromatic heterocycles. The summed E-state index contributed by atoms with van der Waals surface area (Å²) in [5.74, 6) is 0.243. The molecule has 1 fully saturated rings. The number of likely N-dealkylation sites (tertiary alicyclic amines) is 1. The van der Waals surface area contributed by atoms with Crippen LogP contribution in [0.5, 0.6) is 0 Å². The zero-order chi connectivity index (χ0) is 27.9. The molecule has 0 saturated carbocycles. The normalized spacial score (nSPS) is 18.1. The highest BCUT2D eigenvalue weighted by atomic mass is 19.4. The molecule has 7 heteroatoms. The van der Waals surface area contributed by atoms with Gasteiger partial charge in [0.1, 0.15) is 5.82 Å². The Labute approximate surface area is 232 Å². The monoisotopic (exact) mass is 548 g/mol. The molecule has 0 bridgehead atoms. The fraction of sp³-hybridized carbons (Fsp3) is 0.364. The van der Waals surface area contributed by atoms with Gasteiger partial charge in [0.05, 0.1) is 5.56 Å². The van der Waals surface area contributed by atoms with Gasteiger partial charge in [0.15, 0.2) is 5.78 Å². The predicted molar refractivity (Wildman–Crippen MR) is 149 cm³/mol. The molecule has 2 heterocycles. The van der Waals surface area contributed by atoms with Gasteiger partial charge < -0.3 is 4.90 Å². The molecule has 1 aliphatic carbocycles. The highest BCUT2D eigenvalue weighted by molar-refractivity contribution is 5.98. The highest BCUT2D eigenvalue weighted by Crippen LogP contribution is 2.40. The third-order valence-corrected chi connectivity index (χ3v) is 8.68. The number of carbonyl (C=O) groups excluding carboxylic acids is 1. The summed E-state index contributed by atoms with van der Waals surface area (Å²) in [5.41, 5.74) is 7.22. The number of Topliss-reactive ketones (excluding diaryl/α,β-unsaturated/α-hetero) is 1. The minimum absolute atomic E-state index is 0.171. The van der Waals surface area contributed by atoms with Gasteiger partial charge >= 0.3 is 6.18 Å². The summed E-state index contributed by atoms with van der Waals surface area (Å²) in [7, 11) is 0. The molecule has 6 rings (SSSR count). The average molecular weight is 549 g/mol. The van der Waals surface area contributed by atoms with Gasteiger partial charge in [-0.2, -0.15) is 13.2 Å². The molecule has 0 radical (unpaired) electrons. The summed E-state index contributed by atoms with van der Waals surface area (Å²) in [6, 6.07) is 18.2. The summed E-state index contributed by atoms with van der Waals surface area (Å²) in [6.45, 7) is 3.96. The van der Waals surface area contributed by atoms with E-state index in [0.717, 1.165) is 80.8 Å². The second kappa shape index (κ2) is 10.8. The fourth-order valence-corrected chi connectivity index (χ4v) is 6.35. The van der Waals surface area contributed by atoms with E-state index in [2.05, 4.69) is 21.9 Å². The van der Waals surface area contributed by atoms with Crippen LogP contribution in [0.3, 0.4) is 0 Å². The van der Waals surface area contributed by atoms with E-state index in [1.165, 1.54) is 34.4 Å². The first-order valence-electron chi connectivity index (χ1n) is 14.0. The Bertz CT molecular complexity index is 1420. The minimum Gasteiger partial charge on any atom is -0.367 e. The lowest BCUT2D eigenvalue weighted by Gasteiger charge is -2.32. The van der Waals surface area contributed by atoms with Gasteiger partial charge in [-0.05, 0) is 109 Å². The average Bonchev–Trinajstić information content (AvgIpc) is 3.31. The molecule has 0 unspecified atom stereocenters. The Morgan fingerprint density at radius 2 is 1.62 bits per heavy atom. The second-order valence-electron chi connectivity index (χ2n) is 11.3. The van der Waals surface area contributed by atoms with Crippen molar-refractivity contribution in [2.45, 2.75) is 44.8 Å². The third-order valence-electron chi connectivity index (χ3n) is 8.68. The van der Waals surface area contributed by atoms with Crippen LogP contribution in [-0.4, -0.2) is 36.9 Å². The maximum Gasteiger partial charge on any atom is 0.416 e. The number of alkyl halides is 3. The molecule has 3 aromatic carbocycles. The van der Waals surface area contributed by atoms with Crippen LogP contribution in [0.2, 0.25) is 0 Å². The number of rotatable bonds is 6. The van der Waals surface area contributed by atoms with Crippen molar-refractivity contribution >= 4 is 17.0 Å². The summed E-state index contributed by atoms with van der Waals surface area (Å²) in [5, 5.41) is 0. The Balaban J connectivity index is 1.05. The van der Waals surface area contributed by atoms with E-state index in [1.54, 1.807) is 12.1 Å². The van der Waals surface area contributed by atoms with E-state index >= 15 is 0 Å². The van der Waals surface area contributed by atoms with Gasteiger partial charge in [0.2, 0.25) is 0 Å². The van der Waals surface area contributed by atoms with Gasteiger partial charge in [-0.3, -0.25) is 9.69 Å². The van der Waals surface area contributed by atoms with Crippen molar-refractivity contribution in [1.29, 1.82) is 0 Å². The molecule has 0 N–H and O–H groups in total. The molecule has 1 saturated heterocycles. The highest BCUT2D eigenvalue weighted by Gasteiger charge is 2.31. The van der Waals surface area contributed by atoms with E-state index in [4.69, 9.17) is 0 Å². The predicted octanol–water partition coefficient (Wildman–Crippen LogP) is 7.55. The van der Waals surface area contributed by atoms with E-state index < -0.39 is 11.7 Å². The smallest absolute Gasteiger partial charge is 0.367 e. The molecule has 40 heavy (non-hydrogen) atoms. The Morgan fingerprint density at radius 3 is 2.33 bits per heavy atom. The standard InChI is InChI=1S/C33H32F4N2O/c34-28-7-9-29(10-8-28)39-16-13-25-18-24-3-4-26(19-30(24)31(25)21-39)32(40)17-22-11-14-38(15-12-22)20-23-1-5-27(6-2-23)33(35,36)37/h1-10,19,22H,11-18,20-21H2. The number of ketones is 1. The molecule has 3 nitrogen and oxygen atoms in total. The summed E-state index contributed by atoms with van der Waals surface area (Å²) in [4.78, 5) is 17.8. The number of fused-ring (bicyclic) bond motifs is 2. The first-order valence-corrected chi connectivity index (χ1v) is 14.0. The van der Waals surface area contributed by atoms with Gasteiger partial charge in [0.25, 0.3) is 0 Å². The van der Waals surface area contributed by atoms with Gasteiger partial charge in [-0.25, -0.2) is 4.39 Å². The van der Waals surface area contributed by atoms with Crippen LogP contribution in [0.1, 0.15) is 58.3 Å². The Morgan fingerprint density at radius 1 is 0.900 bits per heavy atom. The molecule has 0 amide bonds. The number of hydrogen-bond donors (Lipinski definition) is 0. The topological polar surface area (TPSA) is 23.6 Å². The van der Waals surface area contributed by atoms with Gasteiger partial charge in [-0.15, -0.1) is 0 Å². The summed E-state index contributed by atoms with van der Waals surface area (Å²) in [6.07, 6.45) is -0.0925. The third kappa shape index (κ3) is 5.71. The zero-order valence-electron chi connectivity index (χ0n) is 22.3. The number of nitrogens with zero attached hydrogens (tertiary/aromatic N) is 2. The number of anilines is 1. The van der Waals surface area contributed by atoms with Crippen molar-refractivity contribution in [2.75, 3.05) is 31.1 Å². The van der Waals surface area contributed by atoms with Crippen molar-refractivity contribution in [1.82, 2.24) is 4.90 Å². The van der Waals surface area contributed by atoms with E-state index in [0.29, 0.717) is 18.9 Å². The van der Waals surface area contributed by atoms with Crippen LogP contribution in [0.4, 0.5) is 23.2 Å². The van der Waals surface area contributed by atoms with Crippen molar-refractivity contribution < 1.29 is 22.4 Å². The molecule has 208 valence electrons. The maximum atomic E-state index is 13.4. The number of hydrogen-bond acceptors (Lipinski definition) is 3. The van der Waals surface area contributed by atoms with Crippen LogP contribution in [0.25, 0.3) is 5.57 Å². The largest absolute Gasteiger partial charge is 0.416 e. The number of benzene rings is 3. The molecule has 2 aliphatic heterocycles. The molecule has 3 aliphatic rings. The molecule has 0 spiro atoms. The Kier molecular flexibility index (Phi) is 7.26. The van der Waals surface area contributed by atoms with E-state index in [9.17, 15) is 22.4 Å². The summed E-state index contributed by atoms with van der Waals surface area (Å²) >= 11 is 0. The SMILES string of the molecule is O=C(CC1CCN(Cc2ccc(C(F)(F)F)cc2)CC1)c1ccc2c(c1)C1=C(CCN(c3ccc(F)cc3)C1)C2. The van der Waals surface area contributed by atoms with Crippen LogP contribution < -0.4 is 4.90 Å². The number of halogens is 4. The minimum atomic E-state index is -4.32. The quantitative estimate of drug-likeness (QED) is 0.235. The fourth-order valence-electron chi connectivity index (χ4n) is 6.35. The lowest BCUT2D eigenvalue weighted by atomic mass is 9.88. The second-order valence-corrected chi connectivity index (χ2v) is 11.3. The lowest BCUT2D eigenvalue weighted by Crippen LogP contribution is -2.34. The van der Waals surface area contributed by atoms with Gasteiger partial charge in [-0.1, -0.05) is 29.8 Å². The van der Waals surface area contributed by atoms with Crippen LogP contribution in [0, 0.1) is 11.7 Å². The van der Waals surface area contributed by atoms with Crippen molar-refractivity contribution in [3.05, 3.63) is 106 Å². The first-order chi connectivity index (χ1) is 19.2. The van der Waals surface area contributed by atoms with Crippen molar-refractivity contribution in [3.8, 4) is 0 Å². The van der Waals surface area contributed by atoms with E-state index in [1.807, 2.05) is 18.2 Å². The van der Waals surface area contributed by atoms with Crippen molar-refractivity contribution in [2.24, 2.45) is 5.92 Å². The van der Waals surface area contributed by atoms with E-state index in [-0.39, 0.29) is 11.6 Å². The first kappa shape index (κ1) is 26.8. The van der Waals surface area contributed by atoms with Gasteiger partial charge in [0, 0.05) is 37.3 Å². The molecule has 0 atom stereocenters. The summed E-state index contributed by atoms with van der Waals surface area (Å²) < 4.78 is 51.9. The van der Waals surface area contributed by atoms with Crippen LogP contribution in [-0.2, 0) is 19.1 Å². The lowest BCUT2D eigenvalue weighted by molar-refractivity contribution is -0.137. The Hall–Kier alpha value is -3.45. The number of piperidine rings is 1. The van der Waals surface area contributed by atoms with Crippen molar-refractivity contribution in [3.63, 3.8) is 0 Å². The zero-order valence-corrected chi connectivity index (χ0v) is 22.3. The molecule has 3 aromatic rings. The number of carbonyl (C=O) groups is 1. The van der Waals surface area contributed by atoms with Crippen LogP contribution in [0.15, 0.2) is 72.3 Å².